The molecule has 11 aromatic rings. The number of hydrogen-bond donors (Lipinski definition) is 0. The molecule has 4 amide bonds. The lowest BCUT2D eigenvalue weighted by Crippen LogP contribution is -2.45. The van der Waals surface area contributed by atoms with Gasteiger partial charge in [-0.1, -0.05) is 162 Å². The summed E-state index contributed by atoms with van der Waals surface area (Å²) in [6, 6.07) is 68.0. The molecular weight excluding hydrogens is 1400 g/mol. The highest BCUT2D eigenvalue weighted by molar-refractivity contribution is 7.32. The van der Waals surface area contributed by atoms with Gasteiger partial charge in [0.2, 0.25) is 0 Å². The summed E-state index contributed by atoms with van der Waals surface area (Å²) in [5.74, 6) is 0.394. The maximum absolute atomic E-state index is 13.9. The minimum absolute atomic E-state index is 0.0434. The monoisotopic (exact) mass is 1480 g/mol. The molecule has 105 heavy (non-hydrogen) atoms. The summed E-state index contributed by atoms with van der Waals surface area (Å²) in [4.78, 5) is 67.3. The lowest BCUT2D eigenvalue weighted by atomic mass is 9.92. The van der Waals surface area contributed by atoms with Gasteiger partial charge in [-0.05, 0) is 184 Å². The Morgan fingerprint density at radius 2 is 0.810 bits per heavy atom. The summed E-state index contributed by atoms with van der Waals surface area (Å²) < 4.78 is 17.1. The Morgan fingerprint density at radius 1 is 0.438 bits per heavy atom. The predicted octanol–water partition coefficient (Wildman–Crippen LogP) is 23.9. The number of thiophene rings is 5. The third kappa shape index (κ3) is 15.6. The molecule has 0 fully saturated rings. The number of para-hydroxylation sites is 2. The van der Waals surface area contributed by atoms with Crippen molar-refractivity contribution in [3.05, 3.63) is 236 Å². The van der Waals surface area contributed by atoms with Crippen molar-refractivity contribution in [3.63, 3.8) is 0 Å². The van der Waals surface area contributed by atoms with Crippen LogP contribution in [0.15, 0.2) is 215 Å². The Bertz CT molecular complexity index is 5100. The number of carbonyl (C=O) groups excluding carboxylic acids is 4. The highest BCUT2D eigenvalue weighted by atomic mass is 32.1. The zero-order valence-corrected chi connectivity index (χ0v) is 64.4. The van der Waals surface area contributed by atoms with Gasteiger partial charge in [0, 0.05) is 91.8 Å². The highest BCUT2D eigenvalue weighted by Gasteiger charge is 2.39. The molecule has 0 spiro atoms. The summed E-state index contributed by atoms with van der Waals surface area (Å²) in [5.41, 5.74) is 13.0. The van der Waals surface area contributed by atoms with Crippen LogP contribution in [0.3, 0.4) is 0 Å². The molecule has 6 aromatic carbocycles. The van der Waals surface area contributed by atoms with Gasteiger partial charge in [-0.3, -0.25) is 29.0 Å². The zero-order chi connectivity index (χ0) is 73.4. The van der Waals surface area contributed by atoms with Gasteiger partial charge >= 0.3 is 0 Å². The highest BCUT2D eigenvalue weighted by Crippen LogP contribution is 2.56. The molecular formula is C88H82N6O6S5. The Labute approximate surface area is 635 Å². The number of imide groups is 2. The van der Waals surface area contributed by atoms with Gasteiger partial charge in [-0.15, -0.1) is 56.7 Å². The minimum atomic E-state index is -0.485. The van der Waals surface area contributed by atoms with E-state index in [1.54, 1.807) is 70.5 Å². The van der Waals surface area contributed by atoms with Gasteiger partial charge in [0.25, 0.3) is 23.6 Å². The third-order valence-electron chi connectivity index (χ3n) is 19.7. The summed E-state index contributed by atoms with van der Waals surface area (Å²) >= 11 is 8.29. The number of aryl methyl sites for hydroxylation is 2. The van der Waals surface area contributed by atoms with Crippen LogP contribution in [0.1, 0.15) is 114 Å². The van der Waals surface area contributed by atoms with Crippen molar-refractivity contribution >= 4 is 145 Å². The molecule has 17 heteroatoms. The first kappa shape index (κ1) is 73.1. The number of amides is 4. The van der Waals surface area contributed by atoms with Gasteiger partial charge in [0.1, 0.15) is 36.5 Å². The van der Waals surface area contributed by atoms with E-state index in [1.165, 1.54) is 25.8 Å². The van der Waals surface area contributed by atoms with E-state index in [1.807, 2.05) is 24.3 Å². The van der Waals surface area contributed by atoms with Crippen LogP contribution in [-0.2, 0) is 19.2 Å². The van der Waals surface area contributed by atoms with Crippen LogP contribution in [-0.4, -0.2) is 59.7 Å². The second-order valence-corrected chi connectivity index (χ2v) is 32.2. The summed E-state index contributed by atoms with van der Waals surface area (Å²) in [7, 11) is 0. The average molecular weight is 1480 g/mol. The second kappa shape index (κ2) is 32.8. The quantitative estimate of drug-likeness (QED) is 0.0448. The normalized spacial score (nSPS) is 15.2. The number of anilines is 6. The fraction of sp³-hybridized carbons (Fsp3) is 0.250. The number of benzene rings is 6. The van der Waals surface area contributed by atoms with Crippen molar-refractivity contribution in [3.8, 4) is 54.3 Å². The van der Waals surface area contributed by atoms with Crippen molar-refractivity contribution < 1.29 is 28.7 Å². The Morgan fingerprint density at radius 3 is 1.21 bits per heavy atom. The first-order valence-corrected chi connectivity index (χ1v) is 40.1. The number of carbonyl (C=O) groups is 4. The number of ether oxygens (including phenoxy) is 2. The summed E-state index contributed by atoms with van der Waals surface area (Å²) in [6.45, 7) is 17.7. The third-order valence-corrected chi connectivity index (χ3v) is 25.6. The Hall–Kier alpha value is -10.2. The van der Waals surface area contributed by atoms with E-state index in [4.69, 9.17) is 9.47 Å². The molecule has 5 aromatic heterocycles. The topological polar surface area (TPSA) is 147 Å². The van der Waals surface area contributed by atoms with E-state index < -0.39 is 11.8 Å². The molecule has 8 heterocycles. The minimum Gasteiger partial charge on any atom is -0.485 e. The first-order valence-electron chi connectivity index (χ1n) is 36.0. The molecule has 0 radical (unpaired) electrons. The fourth-order valence-electron chi connectivity index (χ4n) is 13.6. The molecule has 3 aliphatic heterocycles. The number of hydrogen-bond acceptors (Lipinski definition) is 15. The predicted molar refractivity (Wildman–Crippen MR) is 436 cm³/mol. The Kier molecular flexibility index (Phi) is 22.9. The summed E-state index contributed by atoms with van der Waals surface area (Å²) in [5, 5.41) is 19.8. The molecule has 0 saturated carbocycles. The van der Waals surface area contributed by atoms with Crippen LogP contribution in [0.25, 0.3) is 61.6 Å². The maximum Gasteiger partial charge on any atom is 0.271 e. The van der Waals surface area contributed by atoms with E-state index in [0.29, 0.717) is 48.6 Å². The number of rotatable bonds is 23. The largest absolute Gasteiger partial charge is 0.485 e. The number of nitriles is 2. The molecule has 14 rings (SSSR count). The molecule has 0 bridgehead atoms. The van der Waals surface area contributed by atoms with E-state index in [9.17, 15) is 29.7 Å². The smallest absolute Gasteiger partial charge is 0.271 e. The SMILES string of the molecule is CCCCC(CC)CN1C(=O)C(=Cc2cc3sc(-c4sc(-c5ccc(N(c6ccc(C)cc6)c6ccc(C)cc6)cc5)c5c4OCCO5)cc3s2)C(C)=C(C#N)C1=O.CCCCC(CC)CN1C(=O)C(C#N)=C(C)/C(=C/c2cc3sc(-c4ccc(N(c5ccccc5)c5ccccc5)cc4)cc3s2)C1=O. The molecule has 2 unspecified atom stereocenters. The standard InChI is InChI=1S/C48H45N3O4S3.C40H37N3O2S2/c1-6-8-9-32(7-2)28-50-47(52)38(31(5)39(27-49)48(50)53)24-37-25-40-41(56-37)26-42(57-40)46-44-43(54-22-23-55-44)45(58-46)33-14-20-36(21-15-33)51(34-16-10-29(3)11-17-34)35-18-12-30(4)13-19-35;1-4-6-13-28(5-2)26-42-39(44)34(27(3)35(25-41)40(42)45)22-33-23-37-38(46-33)24-36(47-37)29-18-20-32(21-19-29)43(30-14-9-7-10-15-30)31-16-11-8-12-17-31/h10-21,24-26,32H,6-9,22-23,28H2,1-5H3;7-12,14-24,28H,4-6,13,26H2,1-3H3/b;34-22-. The lowest BCUT2D eigenvalue weighted by Gasteiger charge is -2.30. The van der Waals surface area contributed by atoms with Crippen LogP contribution < -0.4 is 19.3 Å². The fourth-order valence-corrected chi connectivity index (χ4v) is 19.6. The van der Waals surface area contributed by atoms with Crippen LogP contribution in [0, 0.1) is 48.3 Å². The number of nitrogens with zero attached hydrogens (tertiary/aromatic N) is 6. The molecule has 0 aliphatic carbocycles. The van der Waals surface area contributed by atoms with Crippen LogP contribution >= 0.6 is 56.7 Å². The number of unbranched alkanes of at least 4 members (excludes halogenated alkanes) is 2. The first-order chi connectivity index (χ1) is 51.1. The second-order valence-electron chi connectivity index (χ2n) is 26.8. The van der Waals surface area contributed by atoms with Crippen molar-refractivity contribution in [1.82, 2.24) is 9.80 Å². The van der Waals surface area contributed by atoms with E-state index in [2.05, 4.69) is 233 Å². The van der Waals surface area contributed by atoms with Crippen LogP contribution in [0.5, 0.6) is 11.5 Å². The van der Waals surface area contributed by atoms with E-state index in [0.717, 1.165) is 151 Å². The van der Waals surface area contributed by atoms with Gasteiger partial charge in [0.05, 0.1) is 14.6 Å². The van der Waals surface area contributed by atoms with Crippen LogP contribution in [0.2, 0.25) is 0 Å². The molecule has 12 nitrogen and oxygen atoms in total. The summed E-state index contributed by atoms with van der Waals surface area (Å²) in [6.07, 6.45) is 11.6. The van der Waals surface area contributed by atoms with Crippen LogP contribution in [0.4, 0.5) is 34.1 Å². The molecule has 530 valence electrons. The van der Waals surface area contributed by atoms with Gasteiger partial charge in [0.15, 0.2) is 11.5 Å². The molecule has 2 atom stereocenters. The van der Waals surface area contributed by atoms with E-state index in [-0.39, 0.29) is 34.8 Å². The number of fused-ring (bicyclic) bond motifs is 3. The average Bonchev–Trinajstić information content (AvgIpc) is 1.67. The van der Waals surface area contributed by atoms with Gasteiger partial charge in [-0.25, -0.2) is 0 Å². The van der Waals surface area contributed by atoms with Crippen molar-refractivity contribution in [2.24, 2.45) is 11.8 Å². The van der Waals surface area contributed by atoms with Crippen molar-refractivity contribution in [2.75, 3.05) is 36.1 Å². The molecule has 3 aliphatic rings. The van der Waals surface area contributed by atoms with E-state index >= 15 is 0 Å². The van der Waals surface area contributed by atoms with Gasteiger partial charge in [-0.2, -0.15) is 10.5 Å². The van der Waals surface area contributed by atoms with Crippen molar-refractivity contribution in [1.29, 1.82) is 10.5 Å². The molecule has 0 saturated heterocycles. The molecule has 0 N–H and O–H groups in total. The lowest BCUT2D eigenvalue weighted by molar-refractivity contribution is -0.142. The zero-order valence-electron chi connectivity index (χ0n) is 60.3. The van der Waals surface area contributed by atoms with Crippen molar-refractivity contribution in [2.45, 2.75) is 107 Å². The Balaban J connectivity index is 0.000000191. The van der Waals surface area contributed by atoms with Gasteiger partial charge < -0.3 is 19.3 Å². The maximum atomic E-state index is 13.9.